The van der Waals surface area contributed by atoms with Crippen molar-refractivity contribution in [2.45, 2.75) is 64.1 Å². The minimum absolute atomic E-state index is 0.443. The maximum absolute atomic E-state index is 5.93. The highest BCUT2D eigenvalue weighted by molar-refractivity contribution is 7.80. The summed E-state index contributed by atoms with van der Waals surface area (Å²) in [5, 5.41) is 4.47. The highest BCUT2D eigenvalue weighted by Crippen LogP contribution is 2.27. The van der Waals surface area contributed by atoms with Crippen molar-refractivity contribution >= 4 is 17.3 Å². The summed E-state index contributed by atoms with van der Waals surface area (Å²) in [6, 6.07) is 14.6. The van der Waals surface area contributed by atoms with E-state index in [4.69, 9.17) is 26.4 Å². The molecular weight excluding hydrogens is 420 g/mol. The van der Waals surface area contributed by atoms with Crippen LogP contribution in [0, 0.1) is 0 Å². The Morgan fingerprint density at radius 1 is 0.844 bits per heavy atom. The first-order valence-electron chi connectivity index (χ1n) is 11.5. The van der Waals surface area contributed by atoms with E-state index in [1.807, 2.05) is 24.3 Å². The summed E-state index contributed by atoms with van der Waals surface area (Å²) in [6.07, 6.45) is 8.91. The lowest BCUT2D eigenvalue weighted by atomic mass is 9.97. The summed E-state index contributed by atoms with van der Waals surface area (Å²) >= 11 is 5.93. The van der Waals surface area contributed by atoms with Gasteiger partial charge in [0.2, 0.25) is 0 Å². The molecule has 0 aromatic heterocycles. The second-order valence-corrected chi connectivity index (χ2v) is 8.76. The van der Waals surface area contributed by atoms with Crippen molar-refractivity contribution in [3.8, 4) is 17.2 Å². The second-order valence-electron chi connectivity index (χ2n) is 8.37. The number of hydrogen-bond donors (Lipinski definition) is 1. The molecule has 0 radical (unpaired) electrons. The van der Waals surface area contributed by atoms with E-state index in [1.165, 1.54) is 50.5 Å². The first kappa shape index (κ1) is 24.2. The molecule has 32 heavy (non-hydrogen) atoms. The third kappa shape index (κ3) is 7.02. The third-order valence-electron chi connectivity index (χ3n) is 6.11. The van der Waals surface area contributed by atoms with Gasteiger partial charge in [-0.05, 0) is 54.9 Å². The van der Waals surface area contributed by atoms with Gasteiger partial charge in [0.1, 0.15) is 17.2 Å². The van der Waals surface area contributed by atoms with Crippen molar-refractivity contribution < 1.29 is 14.2 Å². The fraction of sp³-hybridized carbons (Fsp3) is 0.500. The van der Waals surface area contributed by atoms with E-state index in [1.54, 1.807) is 21.3 Å². The Morgan fingerprint density at radius 2 is 1.47 bits per heavy atom. The molecule has 0 amide bonds. The summed E-state index contributed by atoms with van der Waals surface area (Å²) in [6.45, 7) is 1.36. The molecule has 1 saturated carbocycles. The molecule has 174 valence electrons. The van der Waals surface area contributed by atoms with E-state index >= 15 is 0 Å². The summed E-state index contributed by atoms with van der Waals surface area (Å²) in [5.41, 5.74) is 2.25. The second kappa shape index (κ2) is 12.5. The zero-order valence-corrected chi connectivity index (χ0v) is 20.4. The van der Waals surface area contributed by atoms with Crippen molar-refractivity contribution in [2.24, 2.45) is 0 Å². The number of thiocarbonyl (C=S) groups is 1. The first-order chi connectivity index (χ1) is 15.6. The molecule has 0 heterocycles. The van der Waals surface area contributed by atoms with Crippen molar-refractivity contribution in [3.63, 3.8) is 0 Å². The van der Waals surface area contributed by atoms with Gasteiger partial charge in [-0.1, -0.05) is 44.2 Å². The molecule has 0 spiro atoms. The minimum atomic E-state index is 0.443. The van der Waals surface area contributed by atoms with Crippen LogP contribution >= 0.6 is 12.2 Å². The Balaban J connectivity index is 1.78. The topological polar surface area (TPSA) is 43.0 Å². The average molecular weight is 457 g/mol. The molecule has 1 aliphatic carbocycles. The molecule has 1 fully saturated rings. The Hall–Kier alpha value is -2.47. The van der Waals surface area contributed by atoms with E-state index < -0.39 is 0 Å². The molecular formula is C26H36N2O3S. The van der Waals surface area contributed by atoms with E-state index in [9.17, 15) is 0 Å². The van der Waals surface area contributed by atoms with E-state index in [2.05, 4.69) is 28.4 Å². The van der Waals surface area contributed by atoms with Crippen molar-refractivity contribution in [2.75, 3.05) is 21.3 Å². The minimum Gasteiger partial charge on any atom is -0.497 e. The maximum Gasteiger partial charge on any atom is 0.169 e. The number of hydrogen-bond acceptors (Lipinski definition) is 4. The monoisotopic (exact) mass is 456 g/mol. The number of rotatable bonds is 8. The van der Waals surface area contributed by atoms with Gasteiger partial charge in [-0.3, -0.25) is 0 Å². The SMILES string of the molecule is COc1ccc(CN(Cc2ccc(OC)cc2OC)C(=S)NC2CCCCCCC2)cc1. The number of methoxy groups -OCH3 is 3. The van der Waals surface area contributed by atoms with E-state index in [0.717, 1.165) is 27.9 Å². The summed E-state index contributed by atoms with van der Waals surface area (Å²) < 4.78 is 16.3. The van der Waals surface area contributed by atoms with Gasteiger partial charge in [-0.2, -0.15) is 0 Å². The van der Waals surface area contributed by atoms with Gasteiger partial charge in [-0.15, -0.1) is 0 Å². The molecule has 2 aromatic rings. The molecule has 0 aliphatic heterocycles. The predicted molar refractivity (Wildman–Crippen MR) is 134 cm³/mol. The summed E-state index contributed by atoms with van der Waals surface area (Å²) in [7, 11) is 5.04. The van der Waals surface area contributed by atoms with Crippen molar-refractivity contribution in [3.05, 3.63) is 53.6 Å². The predicted octanol–water partition coefficient (Wildman–Crippen LogP) is 5.70. The van der Waals surface area contributed by atoms with Crippen LogP contribution in [-0.4, -0.2) is 37.4 Å². The van der Waals surface area contributed by atoms with Crippen LogP contribution in [0.4, 0.5) is 0 Å². The van der Waals surface area contributed by atoms with Gasteiger partial charge in [0.25, 0.3) is 0 Å². The van der Waals surface area contributed by atoms with Gasteiger partial charge < -0.3 is 24.4 Å². The average Bonchev–Trinajstić information content (AvgIpc) is 2.80. The Bertz CT molecular complexity index is 849. The summed E-state index contributed by atoms with van der Waals surface area (Å²) in [5.74, 6) is 2.44. The molecule has 0 atom stereocenters. The summed E-state index contributed by atoms with van der Waals surface area (Å²) in [4.78, 5) is 2.22. The van der Waals surface area contributed by atoms with Crippen LogP contribution in [0.15, 0.2) is 42.5 Å². The third-order valence-corrected chi connectivity index (χ3v) is 6.48. The highest BCUT2D eigenvalue weighted by Gasteiger charge is 2.18. The van der Waals surface area contributed by atoms with Crippen LogP contribution in [0.1, 0.15) is 56.1 Å². The smallest absolute Gasteiger partial charge is 0.169 e. The fourth-order valence-corrected chi connectivity index (χ4v) is 4.50. The van der Waals surface area contributed by atoms with Gasteiger partial charge >= 0.3 is 0 Å². The van der Waals surface area contributed by atoms with E-state index in [0.29, 0.717) is 19.1 Å². The van der Waals surface area contributed by atoms with Crippen LogP contribution < -0.4 is 19.5 Å². The Kier molecular flexibility index (Phi) is 9.47. The number of nitrogens with one attached hydrogen (secondary N) is 1. The molecule has 1 N–H and O–H groups in total. The van der Waals surface area contributed by atoms with Crippen LogP contribution in [-0.2, 0) is 13.1 Å². The van der Waals surface area contributed by atoms with Gasteiger partial charge in [0.05, 0.1) is 21.3 Å². The quantitative estimate of drug-likeness (QED) is 0.514. The lowest BCUT2D eigenvalue weighted by Gasteiger charge is -2.31. The molecule has 0 saturated heterocycles. The van der Waals surface area contributed by atoms with Crippen LogP contribution in [0.5, 0.6) is 17.2 Å². The molecule has 2 aromatic carbocycles. The van der Waals surface area contributed by atoms with Crippen LogP contribution in [0.2, 0.25) is 0 Å². The molecule has 0 unspecified atom stereocenters. The number of ether oxygens (including phenoxy) is 3. The zero-order valence-electron chi connectivity index (χ0n) is 19.6. The van der Waals surface area contributed by atoms with Crippen LogP contribution in [0.3, 0.4) is 0 Å². The Morgan fingerprint density at radius 3 is 2.09 bits per heavy atom. The Labute approximate surface area is 198 Å². The van der Waals surface area contributed by atoms with Gasteiger partial charge in [-0.25, -0.2) is 0 Å². The largest absolute Gasteiger partial charge is 0.497 e. The van der Waals surface area contributed by atoms with Crippen molar-refractivity contribution in [1.29, 1.82) is 0 Å². The lowest BCUT2D eigenvalue weighted by Crippen LogP contribution is -2.44. The van der Waals surface area contributed by atoms with E-state index in [-0.39, 0.29) is 0 Å². The van der Waals surface area contributed by atoms with Gasteiger partial charge in [0.15, 0.2) is 5.11 Å². The lowest BCUT2D eigenvalue weighted by molar-refractivity contribution is 0.354. The molecule has 0 bridgehead atoms. The normalized spacial score (nSPS) is 14.7. The standard InChI is InChI=1S/C26H36N2O3S/c1-29-23-14-11-20(12-15-23)18-28(19-21-13-16-24(30-2)17-25(21)31-3)26(32)27-22-9-7-5-4-6-8-10-22/h11-17,22H,4-10,18-19H2,1-3H3,(H,27,32). The molecule has 3 rings (SSSR count). The first-order valence-corrected chi connectivity index (χ1v) is 11.9. The molecule has 6 heteroatoms. The van der Waals surface area contributed by atoms with Crippen LogP contribution in [0.25, 0.3) is 0 Å². The maximum atomic E-state index is 5.93. The highest BCUT2D eigenvalue weighted by atomic mass is 32.1. The number of nitrogens with zero attached hydrogens (tertiary/aromatic N) is 1. The zero-order chi connectivity index (χ0) is 22.8. The molecule has 5 nitrogen and oxygen atoms in total. The molecule has 1 aliphatic rings. The van der Waals surface area contributed by atoms with Crippen molar-refractivity contribution in [1.82, 2.24) is 10.2 Å². The number of benzene rings is 2. The fourth-order valence-electron chi connectivity index (χ4n) is 4.21. The van der Waals surface area contributed by atoms with Gasteiger partial charge in [0, 0.05) is 30.8 Å².